The quantitative estimate of drug-likeness (QED) is 0.455. The van der Waals surface area contributed by atoms with Gasteiger partial charge in [-0.05, 0) is 24.6 Å². The van der Waals surface area contributed by atoms with Crippen molar-refractivity contribution in [1.29, 1.82) is 0 Å². The predicted octanol–water partition coefficient (Wildman–Crippen LogP) is 1.78. The second-order valence-electron chi connectivity index (χ2n) is 6.15. The number of rotatable bonds is 8. The summed E-state index contributed by atoms with van der Waals surface area (Å²) in [5, 5.41) is 2.25. The van der Waals surface area contributed by atoms with Gasteiger partial charge in [-0.25, -0.2) is 4.79 Å². The SMILES string of the molecule is COCCOC(=O)c1c(NC(=O)Cn2cccc(C(F)(F)F)c2=O)sc(C(N)=O)c1C. The van der Waals surface area contributed by atoms with Gasteiger partial charge in [-0.15, -0.1) is 11.3 Å². The Bertz CT molecular complexity index is 1060. The van der Waals surface area contributed by atoms with Gasteiger partial charge in [0, 0.05) is 13.3 Å². The number of alkyl halides is 3. The zero-order valence-corrected chi connectivity index (χ0v) is 17.2. The van der Waals surface area contributed by atoms with Crippen LogP contribution in [-0.4, -0.2) is 42.7 Å². The number of hydrogen-bond acceptors (Lipinski definition) is 7. The van der Waals surface area contributed by atoms with E-state index in [-0.39, 0.29) is 34.2 Å². The molecule has 0 aliphatic rings. The second kappa shape index (κ2) is 9.75. The second-order valence-corrected chi connectivity index (χ2v) is 7.17. The predicted molar refractivity (Wildman–Crippen MR) is 104 cm³/mol. The van der Waals surface area contributed by atoms with Crippen LogP contribution in [0, 0.1) is 6.92 Å². The van der Waals surface area contributed by atoms with Gasteiger partial charge >= 0.3 is 12.1 Å². The molecule has 2 rings (SSSR count). The molecule has 0 aliphatic heterocycles. The summed E-state index contributed by atoms with van der Waals surface area (Å²) in [7, 11) is 1.40. The molecule has 2 amide bonds. The summed E-state index contributed by atoms with van der Waals surface area (Å²) in [4.78, 5) is 48.4. The van der Waals surface area contributed by atoms with Gasteiger partial charge in [-0.1, -0.05) is 0 Å². The number of carbonyl (C=O) groups is 3. The first-order valence-electron chi connectivity index (χ1n) is 8.63. The Morgan fingerprint density at radius 3 is 2.52 bits per heavy atom. The van der Waals surface area contributed by atoms with E-state index in [0.29, 0.717) is 22.0 Å². The number of halogens is 3. The number of nitrogens with two attached hydrogens (primary N) is 1. The summed E-state index contributed by atoms with van der Waals surface area (Å²) in [6.45, 7) is 0.682. The Morgan fingerprint density at radius 1 is 1.26 bits per heavy atom. The number of pyridine rings is 1. The number of nitrogens with one attached hydrogen (secondary N) is 1. The van der Waals surface area contributed by atoms with Crippen LogP contribution in [0.15, 0.2) is 23.1 Å². The summed E-state index contributed by atoms with van der Waals surface area (Å²) >= 11 is 0.706. The number of esters is 1. The fourth-order valence-electron chi connectivity index (χ4n) is 2.57. The molecule has 0 saturated heterocycles. The minimum atomic E-state index is -4.88. The van der Waals surface area contributed by atoms with Crippen LogP contribution in [0.3, 0.4) is 0 Å². The number of anilines is 1. The maximum absolute atomic E-state index is 12.9. The van der Waals surface area contributed by atoms with E-state index in [1.54, 1.807) is 0 Å². The van der Waals surface area contributed by atoms with Crippen LogP contribution < -0.4 is 16.6 Å². The third-order valence-electron chi connectivity index (χ3n) is 3.99. The molecular weight excluding hydrogens is 443 g/mol. The zero-order chi connectivity index (χ0) is 23.3. The average Bonchev–Trinajstić information content (AvgIpc) is 2.98. The molecule has 0 fully saturated rings. The molecule has 9 nitrogen and oxygen atoms in total. The largest absolute Gasteiger partial charge is 0.460 e. The molecule has 3 N–H and O–H groups in total. The Kier molecular flexibility index (Phi) is 7.57. The molecule has 0 atom stereocenters. The molecule has 0 radical (unpaired) electrons. The van der Waals surface area contributed by atoms with Gasteiger partial charge in [0.15, 0.2) is 0 Å². The Labute approximate surface area is 177 Å². The topological polar surface area (TPSA) is 130 Å². The monoisotopic (exact) mass is 461 g/mol. The first kappa shape index (κ1) is 24.1. The van der Waals surface area contributed by atoms with Crippen LogP contribution in [0.4, 0.5) is 18.2 Å². The third kappa shape index (κ3) is 5.70. The number of hydrogen-bond donors (Lipinski definition) is 2. The fraction of sp³-hybridized carbons (Fsp3) is 0.333. The van der Waals surface area contributed by atoms with Gasteiger partial charge in [0.1, 0.15) is 23.7 Å². The van der Waals surface area contributed by atoms with E-state index < -0.39 is 41.6 Å². The summed E-state index contributed by atoms with van der Waals surface area (Å²) in [5.41, 5.74) is 2.51. The summed E-state index contributed by atoms with van der Waals surface area (Å²) in [6, 6.07) is 1.59. The maximum Gasteiger partial charge on any atom is 0.421 e. The molecule has 0 unspecified atom stereocenters. The van der Waals surface area contributed by atoms with Crippen LogP contribution in [0.2, 0.25) is 0 Å². The molecule has 0 aromatic carbocycles. The summed E-state index contributed by atoms with van der Waals surface area (Å²) < 4.78 is 49.0. The van der Waals surface area contributed by atoms with E-state index in [1.807, 2.05) is 0 Å². The summed E-state index contributed by atoms with van der Waals surface area (Å²) in [5.74, 6) is -2.60. The Hall–Kier alpha value is -3.19. The number of amides is 2. The average molecular weight is 461 g/mol. The van der Waals surface area contributed by atoms with Crippen LogP contribution in [0.25, 0.3) is 0 Å². The van der Waals surface area contributed by atoms with Crippen molar-refractivity contribution in [3.8, 4) is 0 Å². The van der Waals surface area contributed by atoms with Crippen molar-refractivity contribution >= 4 is 34.1 Å². The number of carbonyl (C=O) groups excluding carboxylic acids is 3. The lowest BCUT2D eigenvalue weighted by Gasteiger charge is -2.11. The molecule has 168 valence electrons. The highest BCUT2D eigenvalue weighted by atomic mass is 32.1. The van der Waals surface area contributed by atoms with Crippen molar-refractivity contribution in [3.05, 3.63) is 50.3 Å². The van der Waals surface area contributed by atoms with Crippen LogP contribution in [0.5, 0.6) is 0 Å². The van der Waals surface area contributed by atoms with Gasteiger partial charge in [0.25, 0.3) is 11.5 Å². The minimum Gasteiger partial charge on any atom is -0.460 e. The van der Waals surface area contributed by atoms with Crippen molar-refractivity contribution in [2.45, 2.75) is 19.6 Å². The van der Waals surface area contributed by atoms with E-state index >= 15 is 0 Å². The third-order valence-corrected chi connectivity index (χ3v) is 5.21. The smallest absolute Gasteiger partial charge is 0.421 e. The van der Waals surface area contributed by atoms with E-state index in [2.05, 4.69) is 5.32 Å². The summed E-state index contributed by atoms with van der Waals surface area (Å²) in [6.07, 6.45) is -3.86. The van der Waals surface area contributed by atoms with Gasteiger partial charge in [-0.2, -0.15) is 13.2 Å². The van der Waals surface area contributed by atoms with Crippen molar-refractivity contribution < 1.29 is 37.0 Å². The molecule has 31 heavy (non-hydrogen) atoms. The fourth-order valence-corrected chi connectivity index (χ4v) is 3.63. The number of nitrogens with zero attached hydrogens (tertiary/aromatic N) is 1. The van der Waals surface area contributed by atoms with E-state index in [9.17, 15) is 32.3 Å². The highest BCUT2D eigenvalue weighted by Crippen LogP contribution is 2.33. The van der Waals surface area contributed by atoms with E-state index in [0.717, 1.165) is 12.3 Å². The van der Waals surface area contributed by atoms with E-state index in [1.165, 1.54) is 14.0 Å². The highest BCUT2D eigenvalue weighted by Gasteiger charge is 2.34. The maximum atomic E-state index is 12.9. The standard InChI is InChI=1S/C18H18F3N3O6S/c1-9-12(17(28)30-7-6-29-2)15(31-13(9)14(22)26)23-11(25)8-24-5-3-4-10(16(24)27)18(19,20)21/h3-5H,6-8H2,1-2H3,(H2,22,26)(H,23,25). The Morgan fingerprint density at radius 2 is 1.94 bits per heavy atom. The number of aromatic nitrogens is 1. The van der Waals surface area contributed by atoms with E-state index in [4.69, 9.17) is 15.2 Å². The van der Waals surface area contributed by atoms with Crippen molar-refractivity contribution in [2.24, 2.45) is 5.73 Å². The lowest BCUT2D eigenvalue weighted by molar-refractivity contribution is -0.139. The molecule has 2 aromatic rings. The highest BCUT2D eigenvalue weighted by molar-refractivity contribution is 7.18. The van der Waals surface area contributed by atoms with Gasteiger partial charge < -0.3 is 25.1 Å². The van der Waals surface area contributed by atoms with Crippen LogP contribution in [-0.2, 0) is 27.0 Å². The molecule has 0 spiro atoms. The Balaban J connectivity index is 2.31. The van der Waals surface area contributed by atoms with Gasteiger partial charge in [0.05, 0.1) is 17.0 Å². The number of methoxy groups -OCH3 is 1. The lowest BCUT2D eigenvalue weighted by Crippen LogP contribution is -2.32. The molecule has 13 heteroatoms. The van der Waals surface area contributed by atoms with Crippen molar-refractivity contribution in [2.75, 3.05) is 25.6 Å². The number of thiophene rings is 1. The normalized spacial score (nSPS) is 11.3. The molecule has 0 saturated carbocycles. The lowest BCUT2D eigenvalue weighted by atomic mass is 10.1. The minimum absolute atomic E-state index is 0.00905. The number of primary amides is 1. The molecule has 2 heterocycles. The van der Waals surface area contributed by atoms with Crippen LogP contribution >= 0.6 is 11.3 Å². The van der Waals surface area contributed by atoms with Gasteiger partial charge in [0.2, 0.25) is 5.91 Å². The molecule has 0 bridgehead atoms. The zero-order valence-electron chi connectivity index (χ0n) is 16.4. The number of ether oxygens (including phenoxy) is 2. The van der Waals surface area contributed by atoms with Crippen molar-refractivity contribution in [3.63, 3.8) is 0 Å². The van der Waals surface area contributed by atoms with Gasteiger partial charge in [-0.3, -0.25) is 14.4 Å². The molecular formula is C18H18F3N3O6S. The first-order valence-corrected chi connectivity index (χ1v) is 9.44. The van der Waals surface area contributed by atoms with Crippen LogP contribution in [0.1, 0.15) is 31.2 Å². The first-order chi connectivity index (χ1) is 14.5. The van der Waals surface area contributed by atoms with Crippen molar-refractivity contribution in [1.82, 2.24) is 4.57 Å². The molecule has 2 aromatic heterocycles. The molecule has 0 aliphatic carbocycles.